The van der Waals surface area contributed by atoms with Crippen molar-refractivity contribution in [1.29, 1.82) is 0 Å². The average molecular weight is 295 g/mol. The Balaban J connectivity index is 2.05. The van der Waals surface area contributed by atoms with Crippen molar-refractivity contribution in [1.82, 2.24) is 4.90 Å². The van der Waals surface area contributed by atoms with Crippen LogP contribution in [-0.4, -0.2) is 30.1 Å². The number of rotatable bonds is 2. The van der Waals surface area contributed by atoms with Gasteiger partial charge in [0.25, 0.3) is 0 Å². The fourth-order valence-corrected chi connectivity index (χ4v) is 4.63. The van der Waals surface area contributed by atoms with E-state index in [4.69, 9.17) is 5.73 Å². The second kappa shape index (κ2) is 7.46. The number of hydrogen-bond acceptors (Lipinski definition) is 2. The Hall–Kier alpha value is -0.0800. The lowest BCUT2D eigenvalue weighted by molar-refractivity contribution is 0.0660. The largest absolute Gasteiger partial charge is 0.329 e. The molecular weight excluding hydrogens is 256 g/mol. The number of nitrogens with zero attached hydrogens (tertiary/aromatic N) is 1. The van der Waals surface area contributed by atoms with Gasteiger partial charge in [0.15, 0.2) is 0 Å². The molecule has 2 atom stereocenters. The van der Waals surface area contributed by atoms with Gasteiger partial charge in [0.2, 0.25) is 0 Å². The highest BCUT2D eigenvalue weighted by Gasteiger charge is 2.39. The number of likely N-dealkylation sites (tertiary alicyclic amines) is 1. The van der Waals surface area contributed by atoms with Crippen LogP contribution in [0.2, 0.25) is 0 Å². The van der Waals surface area contributed by atoms with Crippen LogP contribution < -0.4 is 5.73 Å². The molecule has 0 radical (unpaired) electrons. The van der Waals surface area contributed by atoms with Crippen molar-refractivity contribution >= 4 is 0 Å². The van der Waals surface area contributed by atoms with Gasteiger partial charge in [0, 0.05) is 12.1 Å². The second-order valence-corrected chi connectivity index (χ2v) is 8.68. The van der Waals surface area contributed by atoms with Crippen LogP contribution in [0, 0.1) is 11.3 Å². The molecule has 1 aliphatic carbocycles. The summed E-state index contributed by atoms with van der Waals surface area (Å²) >= 11 is 0. The molecule has 124 valence electrons. The molecule has 21 heavy (non-hydrogen) atoms. The van der Waals surface area contributed by atoms with E-state index in [9.17, 15) is 0 Å². The Morgan fingerprint density at radius 3 is 2.10 bits per heavy atom. The zero-order valence-corrected chi connectivity index (χ0v) is 14.8. The topological polar surface area (TPSA) is 29.3 Å². The Kier molecular flexibility index (Phi) is 6.14. The van der Waals surface area contributed by atoms with Crippen molar-refractivity contribution in [3.8, 4) is 0 Å². The Labute approximate surface area is 132 Å². The highest BCUT2D eigenvalue weighted by Crippen LogP contribution is 2.41. The molecule has 2 aliphatic rings. The van der Waals surface area contributed by atoms with E-state index in [1.54, 1.807) is 0 Å². The van der Waals surface area contributed by atoms with Gasteiger partial charge >= 0.3 is 0 Å². The summed E-state index contributed by atoms with van der Waals surface area (Å²) in [4.78, 5) is 2.80. The molecule has 2 fully saturated rings. The summed E-state index contributed by atoms with van der Waals surface area (Å²) in [6.07, 6.45) is 13.8. The zero-order chi connectivity index (χ0) is 15.3. The van der Waals surface area contributed by atoms with Crippen LogP contribution in [0.3, 0.4) is 0 Å². The van der Waals surface area contributed by atoms with E-state index in [1.807, 2.05) is 0 Å². The van der Waals surface area contributed by atoms with Crippen molar-refractivity contribution in [2.75, 3.05) is 19.6 Å². The van der Waals surface area contributed by atoms with Crippen molar-refractivity contribution in [2.45, 2.75) is 90.5 Å². The standard InChI is InChI=1S/C19H38N2/c1-18(2,3)17-10-9-12-19(16-20,13-11-17)21-14-7-5-4-6-8-15-21/h17H,4-16,20H2,1-3H3. The molecule has 2 nitrogen and oxygen atoms in total. The van der Waals surface area contributed by atoms with Crippen LogP contribution in [0.5, 0.6) is 0 Å². The molecule has 2 heteroatoms. The zero-order valence-electron chi connectivity index (χ0n) is 14.8. The molecule has 1 saturated heterocycles. The fourth-order valence-electron chi connectivity index (χ4n) is 4.63. The lowest BCUT2D eigenvalue weighted by Gasteiger charge is -2.44. The van der Waals surface area contributed by atoms with Gasteiger partial charge in [0.1, 0.15) is 0 Å². The molecule has 0 spiro atoms. The third-order valence-corrected chi connectivity index (χ3v) is 6.28. The molecule has 0 aromatic rings. The highest BCUT2D eigenvalue weighted by atomic mass is 15.2. The van der Waals surface area contributed by atoms with Gasteiger partial charge in [0.05, 0.1) is 0 Å². The lowest BCUT2D eigenvalue weighted by Crippen LogP contribution is -2.54. The molecule has 0 amide bonds. The van der Waals surface area contributed by atoms with Gasteiger partial charge in [-0.2, -0.15) is 0 Å². The van der Waals surface area contributed by atoms with E-state index in [2.05, 4.69) is 25.7 Å². The minimum Gasteiger partial charge on any atom is -0.329 e. The molecule has 1 saturated carbocycles. The summed E-state index contributed by atoms with van der Waals surface area (Å²) in [6, 6.07) is 0. The SMILES string of the molecule is CC(C)(C)C1CCCC(CN)(N2CCCCCCC2)CC1. The first-order chi connectivity index (χ1) is 9.98. The van der Waals surface area contributed by atoms with E-state index in [-0.39, 0.29) is 0 Å². The third kappa shape index (κ3) is 4.45. The average Bonchev–Trinajstić information content (AvgIpc) is 2.61. The van der Waals surface area contributed by atoms with Gasteiger partial charge < -0.3 is 5.73 Å². The molecule has 0 aromatic heterocycles. The van der Waals surface area contributed by atoms with Gasteiger partial charge in [-0.05, 0) is 62.9 Å². The molecule has 2 N–H and O–H groups in total. The molecule has 2 unspecified atom stereocenters. The van der Waals surface area contributed by atoms with E-state index in [1.165, 1.54) is 77.3 Å². The first kappa shape index (κ1) is 17.3. The lowest BCUT2D eigenvalue weighted by atomic mass is 9.76. The molecule has 1 heterocycles. The van der Waals surface area contributed by atoms with Crippen molar-refractivity contribution in [3.05, 3.63) is 0 Å². The van der Waals surface area contributed by atoms with Crippen LogP contribution in [-0.2, 0) is 0 Å². The maximum Gasteiger partial charge on any atom is 0.0331 e. The summed E-state index contributed by atoms with van der Waals surface area (Å²) in [5.41, 5.74) is 7.12. The van der Waals surface area contributed by atoms with Crippen molar-refractivity contribution in [2.24, 2.45) is 17.1 Å². The molecular formula is C19H38N2. The van der Waals surface area contributed by atoms with E-state index >= 15 is 0 Å². The summed E-state index contributed by atoms with van der Waals surface area (Å²) in [5, 5.41) is 0. The maximum absolute atomic E-state index is 6.34. The minimum absolute atomic E-state index is 0.317. The Morgan fingerprint density at radius 2 is 1.52 bits per heavy atom. The summed E-state index contributed by atoms with van der Waals surface area (Å²) < 4.78 is 0. The predicted molar refractivity (Wildman–Crippen MR) is 92.5 cm³/mol. The van der Waals surface area contributed by atoms with Crippen molar-refractivity contribution < 1.29 is 0 Å². The van der Waals surface area contributed by atoms with Gasteiger partial charge in [-0.1, -0.05) is 46.5 Å². The van der Waals surface area contributed by atoms with Gasteiger partial charge in [-0.3, -0.25) is 4.90 Å². The summed E-state index contributed by atoms with van der Waals surface area (Å²) in [7, 11) is 0. The second-order valence-electron chi connectivity index (χ2n) is 8.68. The van der Waals surface area contributed by atoms with E-state index in [0.29, 0.717) is 11.0 Å². The molecule has 0 aromatic carbocycles. The monoisotopic (exact) mass is 294 g/mol. The van der Waals surface area contributed by atoms with Crippen LogP contribution >= 0.6 is 0 Å². The summed E-state index contributed by atoms with van der Waals surface area (Å²) in [5.74, 6) is 0.876. The maximum atomic E-state index is 6.34. The van der Waals surface area contributed by atoms with Crippen LogP contribution in [0.4, 0.5) is 0 Å². The van der Waals surface area contributed by atoms with Gasteiger partial charge in [-0.25, -0.2) is 0 Å². The number of nitrogens with two attached hydrogens (primary N) is 1. The van der Waals surface area contributed by atoms with E-state index < -0.39 is 0 Å². The first-order valence-electron chi connectivity index (χ1n) is 9.43. The normalized spacial score (nSPS) is 34.0. The van der Waals surface area contributed by atoms with E-state index in [0.717, 1.165) is 12.5 Å². The minimum atomic E-state index is 0.317. The Morgan fingerprint density at radius 1 is 0.905 bits per heavy atom. The molecule has 2 rings (SSSR count). The highest BCUT2D eigenvalue weighted by molar-refractivity contribution is 4.96. The number of hydrogen-bond donors (Lipinski definition) is 1. The first-order valence-corrected chi connectivity index (χ1v) is 9.43. The molecule has 1 aliphatic heterocycles. The van der Waals surface area contributed by atoms with Crippen molar-refractivity contribution in [3.63, 3.8) is 0 Å². The fraction of sp³-hybridized carbons (Fsp3) is 1.00. The third-order valence-electron chi connectivity index (χ3n) is 6.28. The smallest absolute Gasteiger partial charge is 0.0331 e. The van der Waals surface area contributed by atoms with Crippen LogP contribution in [0.1, 0.15) is 85.0 Å². The summed E-state index contributed by atoms with van der Waals surface area (Å²) in [6.45, 7) is 10.7. The quantitative estimate of drug-likeness (QED) is 0.756. The van der Waals surface area contributed by atoms with Crippen LogP contribution in [0.15, 0.2) is 0 Å². The predicted octanol–water partition coefficient (Wildman–Crippen LogP) is 4.58. The van der Waals surface area contributed by atoms with Gasteiger partial charge in [-0.15, -0.1) is 0 Å². The molecule has 0 bridgehead atoms. The Bertz CT molecular complexity index is 299. The van der Waals surface area contributed by atoms with Crippen LogP contribution in [0.25, 0.3) is 0 Å².